The zero-order valence-corrected chi connectivity index (χ0v) is 10.4. The summed E-state index contributed by atoms with van der Waals surface area (Å²) in [4.78, 5) is 12.5. The molecule has 4 aliphatic rings. The third kappa shape index (κ3) is 1.21. The molecule has 4 rings (SSSR count). The summed E-state index contributed by atoms with van der Waals surface area (Å²) in [5, 5.41) is 0. The van der Waals surface area contributed by atoms with E-state index >= 15 is 0 Å². The van der Waals surface area contributed by atoms with Crippen molar-refractivity contribution in [1.82, 2.24) is 0 Å². The zero-order chi connectivity index (χ0) is 12.2. The molecule has 0 aromatic rings. The Kier molecular flexibility index (Phi) is 2.44. The smallest absolute Gasteiger partial charge is 0.236 e. The van der Waals surface area contributed by atoms with Gasteiger partial charge < -0.3 is 14.2 Å². The molecule has 0 aromatic carbocycles. The van der Waals surface area contributed by atoms with Crippen LogP contribution in [0.3, 0.4) is 0 Å². The van der Waals surface area contributed by atoms with Crippen molar-refractivity contribution in [2.45, 2.75) is 25.2 Å². The molecule has 4 nitrogen and oxygen atoms in total. The highest BCUT2D eigenvalue weighted by molar-refractivity contribution is 5.93. The molecule has 2 bridgehead atoms. The van der Waals surface area contributed by atoms with Gasteiger partial charge in [0.25, 0.3) is 0 Å². The van der Waals surface area contributed by atoms with E-state index in [-0.39, 0.29) is 23.7 Å². The molecule has 1 heterocycles. The molecule has 17 heavy (non-hydrogen) atoms. The number of ketones is 1. The maximum absolute atomic E-state index is 12.5. The van der Waals surface area contributed by atoms with Crippen LogP contribution in [0.1, 0.15) is 13.3 Å². The molecule has 0 aromatic heterocycles. The number of ether oxygens (including phenoxy) is 3. The highest BCUT2D eigenvalue weighted by Crippen LogP contribution is 2.53. The van der Waals surface area contributed by atoms with E-state index in [0.29, 0.717) is 5.92 Å². The molecule has 1 aliphatic heterocycles. The fraction of sp³-hybridized carbons (Fsp3) is 0.769. The number of Topliss-reactive ketones (excluding diaryl/α,β-unsaturated/α-hetero) is 1. The molecule has 0 unspecified atom stereocenters. The summed E-state index contributed by atoms with van der Waals surface area (Å²) in [6.07, 6.45) is 3.06. The van der Waals surface area contributed by atoms with Crippen molar-refractivity contribution < 1.29 is 19.0 Å². The Hall–Kier alpha value is -0.710. The largest absolute Gasteiger partial charge is 0.377 e. The Morgan fingerprint density at radius 1 is 1.41 bits per heavy atom. The van der Waals surface area contributed by atoms with Gasteiger partial charge in [0.05, 0.1) is 12.0 Å². The molecule has 2 fully saturated rings. The van der Waals surface area contributed by atoms with Crippen LogP contribution in [0.2, 0.25) is 0 Å². The average molecular weight is 238 g/mol. The first-order chi connectivity index (χ1) is 8.15. The van der Waals surface area contributed by atoms with Gasteiger partial charge in [-0.2, -0.15) is 0 Å². The van der Waals surface area contributed by atoms with Gasteiger partial charge >= 0.3 is 0 Å². The quantitative estimate of drug-likeness (QED) is 0.535. The number of fused-ring (bicyclic) bond motifs is 1. The van der Waals surface area contributed by atoms with E-state index in [0.717, 1.165) is 13.0 Å². The van der Waals surface area contributed by atoms with E-state index in [1.165, 1.54) is 5.57 Å². The van der Waals surface area contributed by atoms with Crippen LogP contribution in [0.5, 0.6) is 0 Å². The van der Waals surface area contributed by atoms with Crippen LogP contribution in [0.15, 0.2) is 11.6 Å². The van der Waals surface area contributed by atoms with E-state index in [4.69, 9.17) is 14.2 Å². The van der Waals surface area contributed by atoms with Gasteiger partial charge in [-0.15, -0.1) is 0 Å². The lowest BCUT2D eigenvalue weighted by atomic mass is 9.60. The summed E-state index contributed by atoms with van der Waals surface area (Å²) in [5.41, 5.74) is 1.20. The lowest BCUT2D eigenvalue weighted by Crippen LogP contribution is -2.64. The van der Waals surface area contributed by atoms with Gasteiger partial charge in [-0.1, -0.05) is 11.6 Å². The van der Waals surface area contributed by atoms with Crippen molar-refractivity contribution in [2.24, 2.45) is 17.8 Å². The summed E-state index contributed by atoms with van der Waals surface area (Å²) in [7, 11) is 3.11. The maximum Gasteiger partial charge on any atom is 0.236 e. The SMILES string of the molecule is COC1(OC)C(=O)[C@H]2C=C(C)[C@@H]1[C@@H]1CCO[C@@H]12. The molecule has 4 heteroatoms. The van der Waals surface area contributed by atoms with Gasteiger partial charge in [0.2, 0.25) is 11.6 Å². The van der Waals surface area contributed by atoms with Gasteiger partial charge in [0.1, 0.15) is 0 Å². The Labute approximate surface area is 101 Å². The molecule has 0 spiro atoms. The Bertz CT molecular complexity index is 383. The van der Waals surface area contributed by atoms with Crippen LogP contribution in [0.25, 0.3) is 0 Å². The second-order valence-electron chi connectivity index (χ2n) is 5.14. The van der Waals surface area contributed by atoms with Crippen LogP contribution >= 0.6 is 0 Å². The first-order valence-electron chi connectivity index (χ1n) is 6.10. The molecule has 1 saturated heterocycles. The molecule has 0 amide bonds. The average Bonchev–Trinajstić information content (AvgIpc) is 2.81. The summed E-state index contributed by atoms with van der Waals surface area (Å²) in [6.45, 7) is 2.80. The number of carbonyl (C=O) groups is 1. The standard InChI is InChI=1S/C13H18O4/c1-7-6-9-11-8(4-5-17-11)10(7)13(15-2,16-3)12(9)14/h6,8-11H,4-5H2,1-3H3/t8-,9-,10+,11-/m0/s1. The van der Waals surface area contributed by atoms with Crippen molar-refractivity contribution in [3.05, 3.63) is 11.6 Å². The van der Waals surface area contributed by atoms with E-state index in [9.17, 15) is 4.79 Å². The van der Waals surface area contributed by atoms with Gasteiger partial charge in [0, 0.05) is 32.7 Å². The normalized spacial score (nSPS) is 42.5. The van der Waals surface area contributed by atoms with Crippen molar-refractivity contribution in [2.75, 3.05) is 20.8 Å². The highest BCUT2D eigenvalue weighted by Gasteiger charge is 2.64. The third-order valence-corrected chi connectivity index (χ3v) is 4.56. The minimum Gasteiger partial charge on any atom is -0.377 e. The number of hydrogen-bond donors (Lipinski definition) is 0. The Morgan fingerprint density at radius 3 is 2.76 bits per heavy atom. The summed E-state index contributed by atoms with van der Waals surface area (Å²) in [5.74, 6) is -0.919. The van der Waals surface area contributed by atoms with Gasteiger partial charge in [-0.05, 0) is 13.3 Å². The predicted molar refractivity (Wildman–Crippen MR) is 60.3 cm³/mol. The Balaban J connectivity index is 2.12. The van der Waals surface area contributed by atoms with E-state index in [1.807, 2.05) is 6.08 Å². The molecule has 3 aliphatic carbocycles. The molecule has 94 valence electrons. The fourth-order valence-electron chi connectivity index (χ4n) is 3.90. The lowest BCUT2D eigenvalue weighted by Gasteiger charge is -2.52. The first-order valence-corrected chi connectivity index (χ1v) is 6.10. The minimum absolute atomic E-state index is 0.00231. The van der Waals surface area contributed by atoms with E-state index in [2.05, 4.69) is 6.92 Å². The predicted octanol–water partition coefficient (Wildman–Crippen LogP) is 1.16. The Morgan fingerprint density at radius 2 is 2.12 bits per heavy atom. The second-order valence-corrected chi connectivity index (χ2v) is 5.14. The van der Waals surface area contributed by atoms with Gasteiger partial charge in [0.15, 0.2) is 0 Å². The summed E-state index contributed by atoms with van der Waals surface area (Å²) in [6, 6.07) is 0. The van der Waals surface area contributed by atoms with Crippen molar-refractivity contribution in [3.8, 4) is 0 Å². The lowest BCUT2D eigenvalue weighted by molar-refractivity contribution is -0.252. The van der Waals surface area contributed by atoms with Crippen molar-refractivity contribution in [3.63, 3.8) is 0 Å². The zero-order valence-electron chi connectivity index (χ0n) is 10.4. The molecule has 0 radical (unpaired) electrons. The van der Waals surface area contributed by atoms with Crippen LogP contribution in [0.4, 0.5) is 0 Å². The number of carbonyl (C=O) groups excluding carboxylic acids is 1. The topological polar surface area (TPSA) is 44.8 Å². The van der Waals surface area contributed by atoms with Crippen molar-refractivity contribution >= 4 is 5.78 Å². The van der Waals surface area contributed by atoms with E-state index < -0.39 is 5.79 Å². The monoisotopic (exact) mass is 238 g/mol. The van der Waals surface area contributed by atoms with Crippen LogP contribution in [0, 0.1) is 17.8 Å². The maximum atomic E-state index is 12.5. The molecular formula is C13H18O4. The second kappa shape index (κ2) is 3.64. The van der Waals surface area contributed by atoms with Crippen LogP contribution < -0.4 is 0 Å². The van der Waals surface area contributed by atoms with Gasteiger partial charge in [-0.3, -0.25) is 4.79 Å². The molecular weight excluding hydrogens is 220 g/mol. The van der Waals surface area contributed by atoms with E-state index in [1.54, 1.807) is 14.2 Å². The third-order valence-electron chi connectivity index (χ3n) is 4.56. The summed E-state index contributed by atoms with van der Waals surface area (Å²) >= 11 is 0. The van der Waals surface area contributed by atoms with Crippen LogP contribution in [-0.4, -0.2) is 38.5 Å². The number of methoxy groups -OCH3 is 2. The van der Waals surface area contributed by atoms with Gasteiger partial charge in [-0.25, -0.2) is 0 Å². The summed E-state index contributed by atoms with van der Waals surface area (Å²) < 4.78 is 16.7. The van der Waals surface area contributed by atoms with Crippen LogP contribution in [-0.2, 0) is 19.0 Å². The molecule has 0 N–H and O–H groups in total. The number of rotatable bonds is 2. The molecule has 4 atom stereocenters. The highest BCUT2D eigenvalue weighted by atomic mass is 16.7. The minimum atomic E-state index is -1.08. The number of hydrogen-bond acceptors (Lipinski definition) is 4. The van der Waals surface area contributed by atoms with Crippen molar-refractivity contribution in [1.29, 1.82) is 0 Å². The molecule has 1 saturated carbocycles. The fourth-order valence-corrected chi connectivity index (χ4v) is 3.90. The first kappa shape index (κ1) is 11.4.